The Morgan fingerprint density at radius 2 is 1.79 bits per heavy atom. The van der Waals surface area contributed by atoms with Gasteiger partial charge in [-0.25, -0.2) is 4.79 Å². The summed E-state index contributed by atoms with van der Waals surface area (Å²) in [4.78, 5) is 39.7. The number of hydrogen-bond acceptors (Lipinski definition) is 3. The van der Waals surface area contributed by atoms with Crippen molar-refractivity contribution in [3.8, 4) is 0 Å². The third-order valence-corrected chi connectivity index (χ3v) is 4.90. The molecule has 2 aliphatic rings. The first-order valence-electron chi connectivity index (χ1n) is 8.26. The Morgan fingerprint density at radius 1 is 1.08 bits per heavy atom. The third kappa shape index (κ3) is 3.45. The number of benzene rings is 1. The first-order chi connectivity index (χ1) is 11.6. The first kappa shape index (κ1) is 17.0. The number of carbonyl (C=O) groups is 3. The summed E-state index contributed by atoms with van der Waals surface area (Å²) < 4.78 is 0.776. The Bertz CT molecular complexity index is 671. The average Bonchev–Trinajstić information content (AvgIpc) is 2.83. The van der Waals surface area contributed by atoms with Crippen LogP contribution >= 0.6 is 15.9 Å². The molecule has 24 heavy (non-hydrogen) atoms. The molecule has 0 spiro atoms. The van der Waals surface area contributed by atoms with Gasteiger partial charge in [-0.3, -0.25) is 14.5 Å². The number of rotatable bonds is 4. The van der Waals surface area contributed by atoms with Crippen LogP contribution in [0.25, 0.3) is 0 Å². The maximum atomic E-state index is 12.3. The predicted octanol–water partition coefficient (Wildman–Crippen LogP) is 2.63. The number of nitrogens with one attached hydrogen (secondary N) is 1. The molecule has 2 heterocycles. The van der Waals surface area contributed by atoms with Crippen molar-refractivity contribution in [2.24, 2.45) is 0 Å². The van der Waals surface area contributed by atoms with Gasteiger partial charge in [-0.1, -0.05) is 15.9 Å². The van der Waals surface area contributed by atoms with Gasteiger partial charge in [0.25, 0.3) is 11.8 Å². The molecule has 1 aromatic rings. The minimum Gasteiger partial charge on any atom is -0.338 e. The van der Waals surface area contributed by atoms with Gasteiger partial charge in [0.2, 0.25) is 0 Å². The van der Waals surface area contributed by atoms with Crippen LogP contribution in [-0.4, -0.2) is 53.8 Å². The highest BCUT2D eigenvalue weighted by atomic mass is 79.9. The molecular weight excluding hydrogens is 374 g/mol. The fourth-order valence-corrected chi connectivity index (χ4v) is 3.47. The second-order valence-corrected chi connectivity index (χ2v) is 7.00. The van der Waals surface area contributed by atoms with Crippen LogP contribution in [0.15, 0.2) is 22.7 Å². The van der Waals surface area contributed by atoms with Crippen molar-refractivity contribution in [3.05, 3.63) is 33.8 Å². The number of carbonyl (C=O) groups excluding carboxylic acids is 3. The molecular formula is C17H20BrN3O3. The molecule has 0 atom stereocenters. The van der Waals surface area contributed by atoms with E-state index in [9.17, 15) is 14.4 Å². The van der Waals surface area contributed by atoms with Gasteiger partial charge in [-0.05, 0) is 43.9 Å². The van der Waals surface area contributed by atoms with E-state index in [2.05, 4.69) is 21.2 Å². The summed E-state index contributed by atoms with van der Waals surface area (Å²) >= 11 is 3.32. The maximum absolute atomic E-state index is 12.3. The zero-order valence-corrected chi connectivity index (χ0v) is 15.0. The number of likely N-dealkylation sites (tertiary alicyclic amines) is 1. The number of fused-ring (bicyclic) bond motifs is 1. The standard InChI is InChI=1S/C17H20BrN3O3/c18-12-5-6-13-14(11-12)16(23)21(15(13)22)10-4-7-19-17(24)20-8-2-1-3-9-20/h5-6,11H,1-4,7-10H2,(H,19,24). The van der Waals surface area contributed by atoms with E-state index in [1.54, 1.807) is 18.2 Å². The summed E-state index contributed by atoms with van der Waals surface area (Å²) in [7, 11) is 0. The van der Waals surface area contributed by atoms with Crippen molar-refractivity contribution < 1.29 is 14.4 Å². The number of amides is 4. The molecule has 0 unspecified atom stereocenters. The van der Waals surface area contributed by atoms with E-state index >= 15 is 0 Å². The molecule has 1 N–H and O–H groups in total. The molecule has 4 amide bonds. The van der Waals surface area contributed by atoms with E-state index in [1.807, 2.05) is 4.90 Å². The van der Waals surface area contributed by atoms with Crippen molar-refractivity contribution in [1.82, 2.24) is 15.1 Å². The lowest BCUT2D eigenvalue weighted by molar-refractivity contribution is 0.0653. The van der Waals surface area contributed by atoms with Gasteiger partial charge in [-0.2, -0.15) is 0 Å². The number of piperidine rings is 1. The lowest BCUT2D eigenvalue weighted by atomic mass is 10.1. The zero-order chi connectivity index (χ0) is 17.1. The minimum absolute atomic E-state index is 0.0546. The second-order valence-electron chi connectivity index (χ2n) is 6.09. The van der Waals surface area contributed by atoms with Gasteiger partial charge < -0.3 is 10.2 Å². The highest BCUT2D eigenvalue weighted by molar-refractivity contribution is 9.10. The topological polar surface area (TPSA) is 69.7 Å². The van der Waals surface area contributed by atoms with E-state index < -0.39 is 0 Å². The number of hydrogen-bond donors (Lipinski definition) is 1. The predicted molar refractivity (Wildman–Crippen MR) is 92.9 cm³/mol. The van der Waals surface area contributed by atoms with Gasteiger partial charge in [0.05, 0.1) is 11.1 Å². The maximum Gasteiger partial charge on any atom is 0.317 e. The van der Waals surface area contributed by atoms with Crippen LogP contribution < -0.4 is 5.32 Å². The highest BCUT2D eigenvalue weighted by Crippen LogP contribution is 2.25. The molecule has 0 radical (unpaired) electrons. The molecule has 0 saturated carbocycles. The Labute approximate surface area is 149 Å². The summed E-state index contributed by atoms with van der Waals surface area (Å²) in [5.41, 5.74) is 0.882. The largest absolute Gasteiger partial charge is 0.338 e. The van der Waals surface area contributed by atoms with Gasteiger partial charge in [0, 0.05) is 30.7 Å². The average molecular weight is 394 g/mol. The van der Waals surface area contributed by atoms with Crippen molar-refractivity contribution in [2.45, 2.75) is 25.7 Å². The molecule has 6 nitrogen and oxygen atoms in total. The lowest BCUT2D eigenvalue weighted by Crippen LogP contribution is -2.43. The van der Waals surface area contributed by atoms with Crippen LogP contribution in [0.5, 0.6) is 0 Å². The summed E-state index contributed by atoms with van der Waals surface area (Å²) in [6.07, 6.45) is 3.84. The summed E-state index contributed by atoms with van der Waals surface area (Å²) in [5.74, 6) is -0.525. The molecule has 0 bridgehead atoms. The quantitative estimate of drug-likeness (QED) is 0.631. The van der Waals surface area contributed by atoms with Crippen molar-refractivity contribution in [2.75, 3.05) is 26.2 Å². The smallest absolute Gasteiger partial charge is 0.317 e. The van der Waals surface area contributed by atoms with Gasteiger partial charge >= 0.3 is 6.03 Å². The first-order valence-corrected chi connectivity index (χ1v) is 9.06. The monoisotopic (exact) mass is 393 g/mol. The number of halogens is 1. The number of urea groups is 1. The van der Waals surface area contributed by atoms with E-state index in [0.29, 0.717) is 30.6 Å². The third-order valence-electron chi connectivity index (χ3n) is 4.41. The van der Waals surface area contributed by atoms with Crippen LogP contribution in [0, 0.1) is 0 Å². The minimum atomic E-state index is -0.265. The Hall–Kier alpha value is -1.89. The van der Waals surface area contributed by atoms with E-state index in [4.69, 9.17) is 0 Å². The fraction of sp³-hybridized carbons (Fsp3) is 0.471. The van der Waals surface area contributed by atoms with Crippen LogP contribution in [0.2, 0.25) is 0 Å². The van der Waals surface area contributed by atoms with Gasteiger partial charge in [0.15, 0.2) is 0 Å². The SMILES string of the molecule is O=C(NCCCN1C(=O)c2ccc(Br)cc2C1=O)N1CCCCC1. The molecule has 128 valence electrons. The van der Waals surface area contributed by atoms with Crippen LogP contribution in [0.4, 0.5) is 4.79 Å². The van der Waals surface area contributed by atoms with E-state index in [1.165, 1.54) is 11.3 Å². The summed E-state index contributed by atoms with van der Waals surface area (Å²) in [6.45, 7) is 2.37. The molecule has 0 aliphatic carbocycles. The number of imide groups is 1. The van der Waals surface area contributed by atoms with Gasteiger partial charge in [-0.15, -0.1) is 0 Å². The Balaban J connectivity index is 1.48. The fourth-order valence-electron chi connectivity index (χ4n) is 3.11. The zero-order valence-electron chi connectivity index (χ0n) is 13.4. The summed E-state index contributed by atoms with van der Waals surface area (Å²) in [6, 6.07) is 5.04. The van der Waals surface area contributed by atoms with Crippen molar-refractivity contribution in [1.29, 1.82) is 0 Å². The van der Waals surface area contributed by atoms with Crippen LogP contribution in [0.3, 0.4) is 0 Å². The molecule has 2 aliphatic heterocycles. The van der Waals surface area contributed by atoms with E-state index in [-0.39, 0.29) is 17.8 Å². The normalized spacial score (nSPS) is 17.2. The van der Waals surface area contributed by atoms with Crippen LogP contribution in [0.1, 0.15) is 46.4 Å². The Morgan fingerprint density at radius 3 is 2.54 bits per heavy atom. The molecule has 1 aromatic carbocycles. The number of nitrogens with zero attached hydrogens (tertiary/aromatic N) is 2. The van der Waals surface area contributed by atoms with Gasteiger partial charge in [0.1, 0.15) is 0 Å². The van der Waals surface area contributed by atoms with E-state index in [0.717, 1.165) is 30.4 Å². The van der Waals surface area contributed by atoms with Crippen LogP contribution in [-0.2, 0) is 0 Å². The molecule has 0 aromatic heterocycles. The Kier molecular flexibility index (Phi) is 5.18. The lowest BCUT2D eigenvalue weighted by Gasteiger charge is -2.26. The molecule has 7 heteroatoms. The van der Waals surface area contributed by atoms with Crippen molar-refractivity contribution >= 4 is 33.8 Å². The highest BCUT2D eigenvalue weighted by Gasteiger charge is 2.35. The van der Waals surface area contributed by atoms with Crippen molar-refractivity contribution in [3.63, 3.8) is 0 Å². The molecule has 1 fully saturated rings. The summed E-state index contributed by atoms with van der Waals surface area (Å²) in [5, 5.41) is 2.87. The molecule has 3 rings (SSSR count). The molecule has 1 saturated heterocycles. The second kappa shape index (κ2) is 7.34.